The van der Waals surface area contributed by atoms with Crippen LogP contribution in [0.5, 0.6) is 0 Å². The number of carboxylic acids is 1. The van der Waals surface area contributed by atoms with Crippen LogP contribution < -0.4 is 5.32 Å². The molecule has 0 aliphatic heterocycles. The molecule has 1 aromatic rings. The van der Waals surface area contributed by atoms with E-state index in [0.29, 0.717) is 12.8 Å². The highest BCUT2D eigenvalue weighted by Gasteiger charge is 2.42. The lowest BCUT2D eigenvalue weighted by Gasteiger charge is -2.24. The first-order valence-corrected chi connectivity index (χ1v) is 7.59. The number of carboxylic acid groups (broad SMARTS) is 1. The van der Waals surface area contributed by atoms with Crippen molar-refractivity contribution >= 4 is 11.9 Å². The number of amides is 1. The number of hydrogen-bond acceptors (Lipinski definition) is 3. The first-order chi connectivity index (χ1) is 10.9. The summed E-state index contributed by atoms with van der Waals surface area (Å²) in [6.45, 7) is 6.42. The summed E-state index contributed by atoms with van der Waals surface area (Å²) in [6, 6.07) is -1.24. The second-order valence-electron chi connectivity index (χ2n) is 6.49. The molecule has 136 valence electrons. The van der Waals surface area contributed by atoms with E-state index < -0.39 is 40.9 Å². The van der Waals surface area contributed by atoms with E-state index in [1.54, 1.807) is 0 Å². The van der Waals surface area contributed by atoms with Gasteiger partial charge in [0, 0.05) is 0 Å². The molecule has 1 rings (SSSR count). The summed E-state index contributed by atoms with van der Waals surface area (Å²) in [7, 11) is 0. The number of unbranched alkanes of at least 4 members (excludes halogenated alkanes) is 1. The van der Waals surface area contributed by atoms with Crippen LogP contribution >= 0.6 is 0 Å². The van der Waals surface area contributed by atoms with Crippen molar-refractivity contribution in [1.29, 1.82) is 0 Å². The van der Waals surface area contributed by atoms with Crippen LogP contribution in [0.15, 0.2) is 6.20 Å². The number of hydrogen-bond donors (Lipinski definition) is 2. The summed E-state index contributed by atoms with van der Waals surface area (Å²) < 4.78 is 40.8. The largest absolute Gasteiger partial charge is 0.480 e. The third-order valence-electron chi connectivity index (χ3n) is 3.37. The highest BCUT2D eigenvalue weighted by Crippen LogP contribution is 2.34. The van der Waals surface area contributed by atoms with E-state index in [-0.39, 0.29) is 6.42 Å². The van der Waals surface area contributed by atoms with Crippen LogP contribution in [0, 0.1) is 0 Å². The zero-order valence-electron chi connectivity index (χ0n) is 14.1. The molecule has 0 saturated heterocycles. The summed E-state index contributed by atoms with van der Waals surface area (Å²) in [5.41, 5.74) is -2.86. The summed E-state index contributed by atoms with van der Waals surface area (Å²) in [5.74, 6) is -2.38. The molecule has 0 spiro atoms. The molecule has 1 aromatic heterocycles. The highest BCUT2D eigenvalue weighted by atomic mass is 19.4. The van der Waals surface area contributed by atoms with Crippen LogP contribution in [-0.4, -0.2) is 32.8 Å². The van der Waals surface area contributed by atoms with Gasteiger partial charge in [0.1, 0.15) is 6.04 Å². The predicted octanol–water partition coefficient (Wildman–Crippen LogP) is 3.03. The smallest absolute Gasteiger partial charge is 0.433 e. The molecule has 0 radical (unpaired) electrons. The minimum atomic E-state index is -4.79. The quantitative estimate of drug-likeness (QED) is 0.827. The van der Waals surface area contributed by atoms with Crippen LogP contribution in [0.3, 0.4) is 0 Å². The van der Waals surface area contributed by atoms with E-state index in [4.69, 9.17) is 5.11 Å². The summed E-state index contributed by atoms with van der Waals surface area (Å²) >= 11 is 0. The standard InChI is InChI=1S/C15H22F3N3O3/c1-5-6-7-10(13(23)24)20-12(22)9-8-19-21(14(2,3)4)11(9)15(16,17)18/h8,10H,5-7H2,1-4H3,(H,20,22)(H,23,24)/t10-/m0/s1. The summed E-state index contributed by atoms with van der Waals surface area (Å²) in [6.07, 6.45) is -2.59. The van der Waals surface area contributed by atoms with E-state index in [0.717, 1.165) is 10.9 Å². The van der Waals surface area contributed by atoms with Gasteiger partial charge in [-0.2, -0.15) is 18.3 Å². The lowest BCUT2D eigenvalue weighted by atomic mass is 10.1. The Balaban J connectivity index is 3.19. The Bertz CT molecular complexity index is 603. The molecule has 2 N–H and O–H groups in total. The van der Waals surface area contributed by atoms with E-state index in [9.17, 15) is 22.8 Å². The monoisotopic (exact) mass is 349 g/mol. The van der Waals surface area contributed by atoms with Crippen LogP contribution in [0.4, 0.5) is 13.2 Å². The first-order valence-electron chi connectivity index (χ1n) is 7.59. The molecule has 0 fully saturated rings. The van der Waals surface area contributed by atoms with Gasteiger partial charge in [-0.25, -0.2) is 4.79 Å². The third kappa shape index (κ3) is 4.72. The van der Waals surface area contributed by atoms with Crippen LogP contribution in [0.2, 0.25) is 0 Å². The van der Waals surface area contributed by atoms with Gasteiger partial charge in [-0.15, -0.1) is 0 Å². The average molecular weight is 349 g/mol. The van der Waals surface area contributed by atoms with Gasteiger partial charge in [-0.05, 0) is 27.2 Å². The molecule has 9 heteroatoms. The lowest BCUT2D eigenvalue weighted by Crippen LogP contribution is -2.41. The molecule has 0 aliphatic carbocycles. The van der Waals surface area contributed by atoms with Gasteiger partial charge in [0.05, 0.1) is 17.3 Å². The number of halogens is 3. The molecule has 1 heterocycles. The first kappa shape index (κ1) is 20.0. The number of aromatic nitrogens is 2. The second kappa shape index (κ2) is 7.23. The molecule has 0 bridgehead atoms. The number of carbonyl (C=O) groups excluding carboxylic acids is 1. The zero-order chi connectivity index (χ0) is 18.7. The number of nitrogens with one attached hydrogen (secondary N) is 1. The van der Waals surface area contributed by atoms with Gasteiger partial charge in [-0.3, -0.25) is 9.48 Å². The van der Waals surface area contributed by atoms with Gasteiger partial charge >= 0.3 is 12.1 Å². The molecule has 0 aliphatic rings. The van der Waals surface area contributed by atoms with Crippen LogP contribution in [0.1, 0.15) is 63.0 Å². The Morgan fingerprint density at radius 3 is 2.33 bits per heavy atom. The van der Waals surface area contributed by atoms with Gasteiger partial charge in [0.2, 0.25) is 0 Å². The molecule has 1 amide bonds. The molecule has 24 heavy (non-hydrogen) atoms. The van der Waals surface area contributed by atoms with Crippen molar-refractivity contribution in [3.63, 3.8) is 0 Å². The van der Waals surface area contributed by atoms with Crippen molar-refractivity contribution in [2.75, 3.05) is 0 Å². The normalized spacial score (nSPS) is 13.6. The fraction of sp³-hybridized carbons (Fsp3) is 0.667. The van der Waals surface area contributed by atoms with Crippen molar-refractivity contribution in [3.8, 4) is 0 Å². The number of nitrogens with zero attached hydrogens (tertiary/aromatic N) is 2. The Hall–Kier alpha value is -2.06. The summed E-state index contributed by atoms with van der Waals surface area (Å²) in [4.78, 5) is 23.4. The maximum absolute atomic E-state index is 13.4. The molecule has 0 saturated carbocycles. The fourth-order valence-corrected chi connectivity index (χ4v) is 2.20. The minimum absolute atomic E-state index is 0.145. The number of aliphatic carboxylic acids is 1. The third-order valence-corrected chi connectivity index (χ3v) is 3.37. The summed E-state index contributed by atoms with van der Waals surface area (Å²) in [5, 5.41) is 14.9. The van der Waals surface area contributed by atoms with Crippen molar-refractivity contribution in [2.45, 2.75) is 64.7 Å². The van der Waals surface area contributed by atoms with Crippen LogP contribution in [0.25, 0.3) is 0 Å². The Morgan fingerprint density at radius 2 is 1.92 bits per heavy atom. The van der Waals surface area contributed by atoms with Gasteiger partial charge in [0.15, 0.2) is 5.69 Å². The Kier molecular flexibility index (Phi) is 6.02. The molecular weight excluding hydrogens is 327 g/mol. The number of carbonyl (C=O) groups is 2. The predicted molar refractivity (Wildman–Crippen MR) is 80.6 cm³/mol. The molecule has 6 nitrogen and oxygen atoms in total. The van der Waals surface area contributed by atoms with E-state index in [1.807, 2.05) is 6.92 Å². The van der Waals surface area contributed by atoms with Crippen molar-refractivity contribution in [2.24, 2.45) is 0 Å². The lowest BCUT2D eigenvalue weighted by molar-refractivity contribution is -0.146. The molecule has 0 unspecified atom stereocenters. The van der Waals surface area contributed by atoms with Crippen molar-refractivity contribution in [1.82, 2.24) is 15.1 Å². The minimum Gasteiger partial charge on any atom is -0.480 e. The Labute approximate surface area is 138 Å². The van der Waals surface area contributed by atoms with E-state index in [2.05, 4.69) is 10.4 Å². The highest BCUT2D eigenvalue weighted by molar-refractivity contribution is 5.97. The zero-order valence-corrected chi connectivity index (χ0v) is 14.1. The second-order valence-corrected chi connectivity index (χ2v) is 6.49. The maximum Gasteiger partial charge on any atom is 0.433 e. The number of rotatable bonds is 6. The van der Waals surface area contributed by atoms with Gasteiger partial charge in [0.25, 0.3) is 5.91 Å². The van der Waals surface area contributed by atoms with E-state index >= 15 is 0 Å². The topological polar surface area (TPSA) is 84.2 Å². The SMILES string of the molecule is CCCC[C@H](NC(=O)c1cnn(C(C)(C)C)c1C(F)(F)F)C(=O)O. The average Bonchev–Trinajstić information content (AvgIpc) is 2.87. The van der Waals surface area contributed by atoms with Crippen molar-refractivity contribution < 1.29 is 27.9 Å². The maximum atomic E-state index is 13.4. The number of alkyl halides is 3. The van der Waals surface area contributed by atoms with Crippen LogP contribution in [-0.2, 0) is 16.5 Å². The van der Waals surface area contributed by atoms with E-state index in [1.165, 1.54) is 20.8 Å². The molecular formula is C15H22F3N3O3. The van der Waals surface area contributed by atoms with Crippen molar-refractivity contribution in [3.05, 3.63) is 17.5 Å². The molecule has 1 atom stereocenters. The van der Waals surface area contributed by atoms with Gasteiger partial charge < -0.3 is 10.4 Å². The Morgan fingerprint density at radius 1 is 1.33 bits per heavy atom. The fourth-order valence-electron chi connectivity index (χ4n) is 2.20. The van der Waals surface area contributed by atoms with Gasteiger partial charge in [-0.1, -0.05) is 19.8 Å². The molecule has 0 aromatic carbocycles.